The summed E-state index contributed by atoms with van der Waals surface area (Å²) in [4.78, 5) is 38.7. The average molecular weight is 527 g/mol. The maximum Gasteiger partial charge on any atom is 0.380 e. The zero-order chi connectivity index (χ0) is 28.4. The molecule has 0 spiro atoms. The Balaban J connectivity index is 1.90. The molecule has 0 saturated carbocycles. The van der Waals surface area contributed by atoms with Crippen LogP contribution in [0, 0.1) is 18.8 Å². The van der Waals surface area contributed by atoms with Gasteiger partial charge in [-0.15, -0.1) is 0 Å². The van der Waals surface area contributed by atoms with Crippen molar-refractivity contribution in [1.82, 2.24) is 9.55 Å². The normalized spacial score (nSPS) is 25.5. The fraction of sp³-hybridized carbons (Fsp3) is 0.542. The Bertz CT molecular complexity index is 1300. The van der Waals surface area contributed by atoms with Crippen LogP contribution in [0.15, 0.2) is 46.1 Å². The molecule has 11 nitrogen and oxygen atoms in total. The lowest BCUT2D eigenvalue weighted by Gasteiger charge is -2.24. The number of benzene rings is 1. The summed E-state index contributed by atoms with van der Waals surface area (Å²) in [5.41, 5.74) is -1.18. The number of nitrogens with zero attached hydrogens (tertiary/aromatic N) is 1. The second-order valence-corrected chi connectivity index (χ2v) is 11.0. The lowest BCUT2D eigenvalue weighted by Crippen LogP contribution is -2.35. The SMILES string of the molecule is [2H]C([2H])(O[P@](=O)(C[C@@H](C)C(=O)OC(C)C)Oc1ccccc1)[C@@H]1O[C@H](n2cc(C)c(=O)[nH]c2=O)[C@H](C)C1O. The third-order valence-corrected chi connectivity index (χ3v) is 7.42. The summed E-state index contributed by atoms with van der Waals surface area (Å²) in [6.45, 7) is 4.89. The van der Waals surface area contributed by atoms with Gasteiger partial charge in [0.2, 0.25) is 0 Å². The van der Waals surface area contributed by atoms with Crippen LogP contribution < -0.4 is 15.8 Å². The topological polar surface area (TPSA) is 146 Å². The van der Waals surface area contributed by atoms with Gasteiger partial charge in [0.1, 0.15) is 18.1 Å². The number of aromatic amines is 1. The smallest absolute Gasteiger partial charge is 0.380 e. The molecule has 2 N–H and O–H groups in total. The van der Waals surface area contributed by atoms with Crippen molar-refractivity contribution < 1.29 is 35.7 Å². The van der Waals surface area contributed by atoms with Crippen LogP contribution in [0.2, 0.25) is 0 Å². The average Bonchev–Trinajstić information content (AvgIpc) is 3.11. The van der Waals surface area contributed by atoms with Gasteiger partial charge in [0.15, 0.2) is 0 Å². The maximum absolute atomic E-state index is 13.9. The van der Waals surface area contributed by atoms with E-state index in [9.17, 15) is 24.1 Å². The Kier molecular flexibility index (Phi) is 8.01. The number of H-pyrrole nitrogens is 1. The van der Waals surface area contributed by atoms with Gasteiger partial charge in [-0.25, -0.2) is 9.36 Å². The van der Waals surface area contributed by atoms with Crippen molar-refractivity contribution in [3.63, 3.8) is 0 Å². The molecule has 0 bridgehead atoms. The number of ether oxygens (including phenoxy) is 2. The minimum atomic E-state index is -4.41. The molecule has 1 fully saturated rings. The van der Waals surface area contributed by atoms with E-state index in [0.717, 1.165) is 4.57 Å². The highest BCUT2D eigenvalue weighted by molar-refractivity contribution is 7.54. The van der Waals surface area contributed by atoms with Gasteiger partial charge in [-0.3, -0.25) is 23.7 Å². The van der Waals surface area contributed by atoms with E-state index in [-0.39, 0.29) is 11.3 Å². The second-order valence-electron chi connectivity index (χ2n) is 9.07. The van der Waals surface area contributed by atoms with Crippen molar-refractivity contribution in [2.24, 2.45) is 11.8 Å². The zero-order valence-corrected chi connectivity index (χ0v) is 21.6. The van der Waals surface area contributed by atoms with Gasteiger partial charge >= 0.3 is 19.3 Å². The first-order valence-electron chi connectivity index (χ1n) is 12.5. The first-order valence-corrected chi connectivity index (χ1v) is 13.3. The number of carbonyl (C=O) groups excluding carboxylic acids is 1. The van der Waals surface area contributed by atoms with Crippen LogP contribution in [0.4, 0.5) is 0 Å². The van der Waals surface area contributed by atoms with E-state index in [2.05, 4.69) is 4.98 Å². The highest BCUT2D eigenvalue weighted by atomic mass is 31.2. The van der Waals surface area contributed by atoms with Gasteiger partial charge in [0, 0.05) is 17.7 Å². The standard InChI is InChI=1S/C24H33N2O9P/c1-14(2)33-23(29)16(4)13-36(31,35-18-9-7-6-8-10-18)32-12-19-20(27)17(5)22(34-19)26-11-15(3)21(28)25-24(26)30/h6-11,14,16-17,19-20,22,27H,12-13H2,1-5H3,(H,25,28,30)/t16-,17-,19+,20?,22+,36-/m1/s1/i12D2. The number of hydrogen-bond acceptors (Lipinski definition) is 9. The lowest BCUT2D eigenvalue weighted by molar-refractivity contribution is -0.151. The monoisotopic (exact) mass is 526 g/mol. The number of aliphatic hydroxyl groups excluding tert-OH is 1. The van der Waals surface area contributed by atoms with Crippen molar-refractivity contribution in [2.45, 2.75) is 59.2 Å². The molecule has 2 aromatic rings. The number of nitrogens with one attached hydrogen (secondary N) is 1. The largest absolute Gasteiger partial charge is 0.463 e. The highest BCUT2D eigenvalue weighted by Crippen LogP contribution is 2.51. The highest BCUT2D eigenvalue weighted by Gasteiger charge is 2.44. The molecule has 3 rings (SSSR count). The first-order chi connectivity index (χ1) is 17.6. The molecule has 0 radical (unpaired) electrons. The Labute approximate surface area is 211 Å². The Morgan fingerprint density at radius 2 is 1.94 bits per heavy atom. The first kappa shape index (κ1) is 25.0. The fourth-order valence-corrected chi connectivity index (χ4v) is 5.33. The summed E-state index contributed by atoms with van der Waals surface area (Å²) in [5, 5.41) is 10.9. The summed E-state index contributed by atoms with van der Waals surface area (Å²) in [5.74, 6) is -2.35. The molecule has 1 aromatic heterocycles. The molecule has 36 heavy (non-hydrogen) atoms. The molecular formula is C24H33N2O9P. The lowest BCUT2D eigenvalue weighted by atomic mass is 10.0. The van der Waals surface area contributed by atoms with E-state index >= 15 is 0 Å². The van der Waals surface area contributed by atoms with Gasteiger partial charge in [0.25, 0.3) is 5.56 Å². The molecular weight excluding hydrogens is 491 g/mol. The zero-order valence-electron chi connectivity index (χ0n) is 22.7. The molecule has 0 aliphatic carbocycles. The van der Waals surface area contributed by atoms with Crippen LogP contribution in [0.5, 0.6) is 5.75 Å². The second kappa shape index (κ2) is 11.6. The van der Waals surface area contributed by atoms with E-state index in [1.54, 1.807) is 32.0 Å². The predicted octanol–water partition coefficient (Wildman–Crippen LogP) is 2.62. The van der Waals surface area contributed by atoms with Crippen LogP contribution in [-0.2, 0) is 23.4 Å². The summed E-state index contributed by atoms with van der Waals surface area (Å²) in [6, 6.07) is 7.92. The molecule has 12 heteroatoms. The Morgan fingerprint density at radius 3 is 2.58 bits per heavy atom. The minimum absolute atomic E-state index is 0.116. The number of carbonyl (C=O) groups is 1. The van der Waals surface area contributed by atoms with Crippen LogP contribution in [0.3, 0.4) is 0 Å². The van der Waals surface area contributed by atoms with Gasteiger partial charge in [-0.05, 0) is 32.9 Å². The summed E-state index contributed by atoms with van der Waals surface area (Å²) >= 11 is 0. The van der Waals surface area contributed by atoms with Crippen molar-refractivity contribution in [3.8, 4) is 5.75 Å². The number of aryl methyl sites for hydroxylation is 1. The number of esters is 1. The minimum Gasteiger partial charge on any atom is -0.463 e. The quantitative estimate of drug-likeness (QED) is 0.352. The summed E-state index contributed by atoms with van der Waals surface area (Å²) < 4.78 is 54.0. The fourth-order valence-electron chi connectivity index (χ4n) is 3.62. The van der Waals surface area contributed by atoms with E-state index < -0.39 is 73.9 Å². The molecule has 1 aliphatic heterocycles. The molecule has 1 unspecified atom stereocenters. The van der Waals surface area contributed by atoms with Gasteiger partial charge in [-0.2, -0.15) is 0 Å². The molecule has 1 aromatic carbocycles. The number of rotatable bonds is 10. The predicted molar refractivity (Wildman–Crippen MR) is 131 cm³/mol. The number of aliphatic hydroxyl groups is 1. The maximum atomic E-state index is 13.9. The summed E-state index contributed by atoms with van der Waals surface area (Å²) in [7, 11) is -4.41. The van der Waals surface area contributed by atoms with Crippen molar-refractivity contribution in [1.29, 1.82) is 0 Å². The molecule has 2 heterocycles. The van der Waals surface area contributed by atoms with Crippen LogP contribution >= 0.6 is 7.60 Å². The van der Waals surface area contributed by atoms with Crippen LogP contribution in [0.25, 0.3) is 0 Å². The van der Waals surface area contributed by atoms with E-state index in [0.29, 0.717) is 0 Å². The van der Waals surface area contributed by atoms with Crippen LogP contribution in [0.1, 0.15) is 42.2 Å². The third kappa shape index (κ3) is 6.73. The van der Waals surface area contributed by atoms with Crippen molar-refractivity contribution in [2.75, 3.05) is 12.7 Å². The summed E-state index contributed by atoms with van der Waals surface area (Å²) in [6.07, 6.45) is -4.06. The molecule has 0 amide bonds. The number of hydrogen-bond donors (Lipinski definition) is 2. The van der Waals surface area contributed by atoms with Gasteiger partial charge in [0.05, 0.1) is 33.6 Å². The number of para-hydroxylation sites is 1. The molecule has 1 saturated heterocycles. The van der Waals surface area contributed by atoms with Gasteiger partial charge < -0.3 is 19.1 Å². The molecule has 198 valence electrons. The van der Waals surface area contributed by atoms with Crippen molar-refractivity contribution >= 4 is 13.6 Å². The Hall–Kier alpha value is -2.72. The van der Waals surface area contributed by atoms with Crippen LogP contribution in [-0.4, -0.2) is 51.7 Å². The molecule has 6 atom stereocenters. The molecule has 1 aliphatic rings. The third-order valence-electron chi connectivity index (χ3n) is 5.55. The van der Waals surface area contributed by atoms with E-state index in [4.69, 9.17) is 21.3 Å². The van der Waals surface area contributed by atoms with E-state index in [1.165, 1.54) is 39.1 Å². The Morgan fingerprint density at radius 1 is 1.28 bits per heavy atom. The van der Waals surface area contributed by atoms with Gasteiger partial charge in [-0.1, -0.05) is 32.0 Å². The van der Waals surface area contributed by atoms with Crippen molar-refractivity contribution in [3.05, 3.63) is 62.9 Å². The van der Waals surface area contributed by atoms with E-state index in [1.807, 2.05) is 0 Å². The number of aromatic nitrogens is 2.